The maximum absolute atomic E-state index is 12.3. The second kappa shape index (κ2) is 7.65. The van der Waals surface area contributed by atoms with Crippen molar-refractivity contribution in [3.05, 3.63) is 23.2 Å². The number of benzene rings is 1. The van der Waals surface area contributed by atoms with Crippen LogP contribution in [0.25, 0.3) is 0 Å². The van der Waals surface area contributed by atoms with Gasteiger partial charge in [0, 0.05) is 18.8 Å². The van der Waals surface area contributed by atoms with Crippen LogP contribution < -0.4 is 10.1 Å². The molecule has 1 aromatic carbocycles. The predicted octanol–water partition coefficient (Wildman–Crippen LogP) is 3.52. The summed E-state index contributed by atoms with van der Waals surface area (Å²) in [4.78, 5) is 24.8. The molecule has 0 aliphatic carbocycles. The highest BCUT2D eigenvalue weighted by atomic mass is 35.5. The van der Waals surface area contributed by atoms with Gasteiger partial charge in [-0.1, -0.05) is 18.5 Å². The fraction of sp³-hybridized carbons (Fsp3) is 0.467. The molecule has 0 spiro atoms. The molecule has 6 nitrogen and oxygen atoms in total. The second-order valence-electron chi connectivity index (χ2n) is 5.73. The molecule has 1 fully saturated rings. The fourth-order valence-corrected chi connectivity index (χ4v) is 2.89. The number of ether oxygens (including phenoxy) is 1. The van der Waals surface area contributed by atoms with Crippen molar-refractivity contribution >= 4 is 29.3 Å². The Labute approximate surface area is 142 Å². The highest BCUT2D eigenvalue weighted by molar-refractivity contribution is 6.32. The molecule has 24 heavy (non-hydrogen) atoms. The van der Waals surface area contributed by atoms with Gasteiger partial charge >= 0.3 is 18.6 Å². The molecule has 2 atom stereocenters. The minimum Gasteiger partial charge on any atom is -0.481 e. The Morgan fingerprint density at radius 1 is 1.42 bits per heavy atom. The molecule has 0 saturated carbocycles. The maximum atomic E-state index is 12.3. The number of hydrogen-bond acceptors (Lipinski definition) is 3. The Morgan fingerprint density at radius 2 is 2.12 bits per heavy atom. The molecule has 2 amide bonds. The van der Waals surface area contributed by atoms with Crippen LogP contribution in [0.15, 0.2) is 18.2 Å². The number of carboxylic acid groups (broad SMARTS) is 1. The lowest BCUT2D eigenvalue weighted by Crippen LogP contribution is -2.47. The first-order valence-corrected chi connectivity index (χ1v) is 7.67. The zero-order valence-corrected chi connectivity index (χ0v) is 13.6. The van der Waals surface area contributed by atoms with E-state index in [1.807, 2.05) is 6.92 Å². The van der Waals surface area contributed by atoms with Gasteiger partial charge in [0.25, 0.3) is 0 Å². The zero-order valence-electron chi connectivity index (χ0n) is 12.8. The summed E-state index contributed by atoms with van der Waals surface area (Å²) in [5.74, 6) is -1.67. The molecular formula is C15H17ClF2N2O4. The van der Waals surface area contributed by atoms with Gasteiger partial charge in [-0.05, 0) is 30.5 Å². The average molecular weight is 363 g/mol. The summed E-state index contributed by atoms with van der Waals surface area (Å²) in [7, 11) is 0. The van der Waals surface area contributed by atoms with E-state index in [-0.39, 0.29) is 23.2 Å². The van der Waals surface area contributed by atoms with Crippen molar-refractivity contribution in [2.45, 2.75) is 20.0 Å². The summed E-state index contributed by atoms with van der Waals surface area (Å²) >= 11 is 5.83. The molecule has 1 heterocycles. The number of nitrogens with zero attached hydrogens (tertiary/aromatic N) is 1. The summed E-state index contributed by atoms with van der Waals surface area (Å²) in [5, 5.41) is 11.6. The Bertz CT molecular complexity index is 629. The summed E-state index contributed by atoms with van der Waals surface area (Å²) in [5.41, 5.74) is 0.303. The molecule has 1 aliphatic heterocycles. The van der Waals surface area contributed by atoms with Gasteiger partial charge < -0.3 is 20.1 Å². The zero-order chi connectivity index (χ0) is 17.9. The number of amides is 2. The Kier molecular flexibility index (Phi) is 5.82. The highest BCUT2D eigenvalue weighted by Gasteiger charge is 2.31. The molecule has 1 saturated heterocycles. The lowest BCUT2D eigenvalue weighted by atomic mass is 9.91. The van der Waals surface area contributed by atoms with E-state index >= 15 is 0 Å². The first-order valence-electron chi connectivity index (χ1n) is 7.29. The van der Waals surface area contributed by atoms with Gasteiger partial charge in [0.15, 0.2) is 0 Å². The van der Waals surface area contributed by atoms with Crippen LogP contribution in [0.4, 0.5) is 19.3 Å². The van der Waals surface area contributed by atoms with Crippen molar-refractivity contribution in [2.24, 2.45) is 11.8 Å². The monoisotopic (exact) mass is 362 g/mol. The molecule has 0 aromatic heterocycles. The summed E-state index contributed by atoms with van der Waals surface area (Å²) in [6.07, 6.45) is 0.518. The number of carbonyl (C=O) groups excluding carboxylic acids is 1. The topological polar surface area (TPSA) is 78.9 Å². The van der Waals surface area contributed by atoms with E-state index in [0.29, 0.717) is 18.7 Å². The molecule has 0 bridgehead atoms. The SMILES string of the molecule is CC1CC(C(=O)O)CN(C(=O)Nc2ccc(OC(F)F)c(Cl)c2)C1. The van der Waals surface area contributed by atoms with E-state index in [2.05, 4.69) is 10.1 Å². The van der Waals surface area contributed by atoms with E-state index < -0.39 is 24.5 Å². The Hall–Kier alpha value is -2.09. The largest absolute Gasteiger partial charge is 0.481 e. The lowest BCUT2D eigenvalue weighted by Gasteiger charge is -2.34. The van der Waals surface area contributed by atoms with E-state index in [9.17, 15) is 18.4 Å². The van der Waals surface area contributed by atoms with Crippen molar-refractivity contribution in [2.75, 3.05) is 18.4 Å². The number of likely N-dealkylation sites (tertiary alicyclic amines) is 1. The van der Waals surface area contributed by atoms with Gasteiger partial charge in [-0.3, -0.25) is 4.79 Å². The number of anilines is 1. The molecule has 0 radical (unpaired) electrons. The predicted molar refractivity (Wildman–Crippen MR) is 83.6 cm³/mol. The highest BCUT2D eigenvalue weighted by Crippen LogP contribution is 2.29. The number of carboxylic acids is 1. The van der Waals surface area contributed by atoms with Crippen LogP contribution in [0, 0.1) is 11.8 Å². The molecule has 1 aromatic rings. The average Bonchev–Trinajstić information content (AvgIpc) is 2.49. The van der Waals surface area contributed by atoms with Gasteiger partial charge in [0.2, 0.25) is 0 Å². The number of halogens is 3. The molecule has 2 N–H and O–H groups in total. The smallest absolute Gasteiger partial charge is 0.387 e. The van der Waals surface area contributed by atoms with Gasteiger partial charge in [-0.25, -0.2) is 4.79 Å². The second-order valence-corrected chi connectivity index (χ2v) is 6.14. The number of alkyl halides is 2. The Balaban J connectivity index is 2.03. The number of hydrogen-bond donors (Lipinski definition) is 2. The standard InChI is InChI=1S/C15H17ClF2N2O4/c1-8-4-9(13(21)22)7-20(6-8)15(23)19-10-2-3-12(11(16)5-10)24-14(17)18/h2-3,5,8-9,14H,4,6-7H2,1H3,(H,19,23)(H,21,22). The summed E-state index contributed by atoms with van der Waals surface area (Å²) < 4.78 is 28.6. The van der Waals surface area contributed by atoms with E-state index in [4.69, 9.17) is 16.7 Å². The third-order valence-corrected chi connectivity index (χ3v) is 3.99. The quantitative estimate of drug-likeness (QED) is 0.859. The normalized spacial score (nSPS) is 20.8. The Morgan fingerprint density at radius 3 is 2.71 bits per heavy atom. The molecule has 1 aliphatic rings. The van der Waals surface area contributed by atoms with Crippen molar-refractivity contribution in [3.63, 3.8) is 0 Å². The molecule has 2 unspecified atom stereocenters. The van der Waals surface area contributed by atoms with Crippen LogP contribution in [0.1, 0.15) is 13.3 Å². The minimum absolute atomic E-state index is 0.0657. The lowest BCUT2D eigenvalue weighted by molar-refractivity contribution is -0.143. The number of aliphatic carboxylic acids is 1. The van der Waals surface area contributed by atoms with Crippen LogP contribution in [-0.4, -0.2) is 41.7 Å². The third-order valence-electron chi connectivity index (χ3n) is 3.70. The number of urea groups is 1. The van der Waals surface area contributed by atoms with Gasteiger partial charge in [0.1, 0.15) is 5.75 Å². The molecular weight excluding hydrogens is 346 g/mol. The number of rotatable bonds is 4. The van der Waals surface area contributed by atoms with Crippen LogP contribution in [0.2, 0.25) is 5.02 Å². The number of piperidine rings is 1. The molecule has 2 rings (SSSR count). The van der Waals surface area contributed by atoms with Crippen molar-refractivity contribution in [3.8, 4) is 5.75 Å². The van der Waals surface area contributed by atoms with E-state index in [0.717, 1.165) is 0 Å². The summed E-state index contributed by atoms with van der Waals surface area (Å²) in [6.45, 7) is -0.560. The third kappa shape index (κ3) is 4.70. The van der Waals surface area contributed by atoms with Crippen LogP contribution in [0.5, 0.6) is 5.75 Å². The van der Waals surface area contributed by atoms with Crippen molar-refractivity contribution in [1.82, 2.24) is 4.90 Å². The molecule has 132 valence electrons. The van der Waals surface area contributed by atoms with Crippen LogP contribution in [0.3, 0.4) is 0 Å². The first kappa shape index (κ1) is 18.3. The van der Waals surface area contributed by atoms with Gasteiger partial charge in [-0.2, -0.15) is 8.78 Å². The maximum Gasteiger partial charge on any atom is 0.387 e. The van der Waals surface area contributed by atoms with Crippen molar-refractivity contribution < 1.29 is 28.2 Å². The van der Waals surface area contributed by atoms with E-state index in [1.54, 1.807) is 0 Å². The van der Waals surface area contributed by atoms with E-state index in [1.165, 1.54) is 23.1 Å². The summed E-state index contributed by atoms with van der Waals surface area (Å²) in [6, 6.07) is 3.43. The van der Waals surface area contributed by atoms with Crippen LogP contribution in [-0.2, 0) is 4.79 Å². The van der Waals surface area contributed by atoms with Gasteiger partial charge in [0.05, 0.1) is 10.9 Å². The fourth-order valence-electron chi connectivity index (χ4n) is 2.67. The van der Waals surface area contributed by atoms with Crippen molar-refractivity contribution in [1.29, 1.82) is 0 Å². The number of carbonyl (C=O) groups is 2. The first-order chi connectivity index (χ1) is 11.3. The molecule has 9 heteroatoms. The number of nitrogens with one attached hydrogen (secondary N) is 1. The van der Waals surface area contributed by atoms with Crippen LogP contribution >= 0.6 is 11.6 Å². The minimum atomic E-state index is -2.99. The van der Waals surface area contributed by atoms with Gasteiger partial charge in [-0.15, -0.1) is 0 Å².